The number of nitrogens with zero attached hydrogens (tertiary/aromatic N) is 2. The van der Waals surface area contributed by atoms with Crippen LogP contribution in [0.1, 0.15) is 11.1 Å². The van der Waals surface area contributed by atoms with Gasteiger partial charge >= 0.3 is 0 Å². The van der Waals surface area contributed by atoms with E-state index in [0.717, 1.165) is 16.6 Å². The Morgan fingerprint density at radius 2 is 2.03 bits per heavy atom. The second kappa shape index (κ2) is 11.3. The number of H-pyrrole nitrogens is 1. The van der Waals surface area contributed by atoms with Crippen LogP contribution in [0, 0.1) is 0 Å². The molecule has 1 aromatic heterocycles. The number of ether oxygens (including phenoxy) is 2. The highest BCUT2D eigenvalue weighted by Crippen LogP contribution is 2.32. The Bertz CT molecular complexity index is 1310. The third kappa shape index (κ3) is 6.02. The summed E-state index contributed by atoms with van der Waals surface area (Å²) < 4.78 is 11.4. The number of amides is 1. The Labute approximate surface area is 210 Å². The van der Waals surface area contributed by atoms with Gasteiger partial charge in [0.25, 0.3) is 5.91 Å². The maximum atomic E-state index is 12.2. The molecule has 1 amide bonds. The van der Waals surface area contributed by atoms with Crippen molar-refractivity contribution in [2.24, 2.45) is 5.10 Å². The van der Waals surface area contributed by atoms with Crippen LogP contribution in [0.15, 0.2) is 70.9 Å². The number of hydrogen-bond acceptors (Lipinski definition) is 6. The lowest BCUT2D eigenvalue weighted by Crippen LogP contribution is -2.19. The molecule has 4 aromatic rings. The summed E-state index contributed by atoms with van der Waals surface area (Å²) in [6.07, 6.45) is 1.51. The molecule has 0 saturated heterocycles. The van der Waals surface area contributed by atoms with Crippen LogP contribution >= 0.6 is 35.0 Å². The molecule has 0 aliphatic rings. The fourth-order valence-electron chi connectivity index (χ4n) is 3.08. The van der Waals surface area contributed by atoms with E-state index in [2.05, 4.69) is 20.5 Å². The van der Waals surface area contributed by atoms with Crippen molar-refractivity contribution in [1.29, 1.82) is 0 Å². The van der Waals surface area contributed by atoms with Gasteiger partial charge in [-0.05, 0) is 36.4 Å². The molecule has 34 heavy (non-hydrogen) atoms. The van der Waals surface area contributed by atoms with E-state index in [4.69, 9.17) is 32.7 Å². The van der Waals surface area contributed by atoms with Crippen LogP contribution in [-0.2, 0) is 11.4 Å². The summed E-state index contributed by atoms with van der Waals surface area (Å²) in [4.78, 5) is 19.9. The largest absolute Gasteiger partial charge is 0.493 e. The number of nitrogens with one attached hydrogen (secondary N) is 2. The number of aromatic nitrogens is 2. The fraction of sp³-hybridized carbons (Fsp3) is 0.125. The van der Waals surface area contributed by atoms with Gasteiger partial charge in [-0.2, -0.15) is 5.10 Å². The fourth-order valence-corrected chi connectivity index (χ4v) is 4.22. The summed E-state index contributed by atoms with van der Waals surface area (Å²) in [5.41, 5.74) is 5.71. The molecule has 0 radical (unpaired) electrons. The number of fused-ring (bicyclic) bond motifs is 1. The second-order valence-electron chi connectivity index (χ2n) is 7.04. The number of halogens is 2. The number of para-hydroxylation sites is 3. The quantitative estimate of drug-likeness (QED) is 0.170. The summed E-state index contributed by atoms with van der Waals surface area (Å²) >= 11 is 13.5. The molecule has 0 atom stereocenters. The van der Waals surface area contributed by atoms with Gasteiger partial charge in [0.05, 0.1) is 30.1 Å². The third-order valence-corrected chi connectivity index (χ3v) is 6.18. The number of imidazole rings is 1. The number of benzene rings is 3. The van der Waals surface area contributed by atoms with Crippen molar-refractivity contribution in [2.45, 2.75) is 11.8 Å². The number of aromatic amines is 1. The van der Waals surface area contributed by atoms with Gasteiger partial charge in [-0.15, -0.1) is 0 Å². The molecule has 7 nitrogen and oxygen atoms in total. The van der Waals surface area contributed by atoms with Crippen molar-refractivity contribution >= 4 is 58.1 Å². The lowest BCUT2D eigenvalue weighted by Gasteiger charge is -2.14. The first-order chi connectivity index (χ1) is 16.5. The molecule has 0 unspecified atom stereocenters. The molecular formula is C24H20Cl2N4O3S. The molecule has 2 N–H and O–H groups in total. The monoisotopic (exact) mass is 514 g/mol. The van der Waals surface area contributed by atoms with Gasteiger partial charge in [0, 0.05) is 21.2 Å². The van der Waals surface area contributed by atoms with Gasteiger partial charge in [0.2, 0.25) is 0 Å². The summed E-state index contributed by atoms with van der Waals surface area (Å²) in [7, 11) is 1.55. The van der Waals surface area contributed by atoms with Crippen LogP contribution < -0.4 is 14.9 Å². The highest BCUT2D eigenvalue weighted by Gasteiger charge is 2.12. The van der Waals surface area contributed by atoms with E-state index in [0.29, 0.717) is 32.3 Å². The zero-order valence-corrected chi connectivity index (χ0v) is 20.4. The number of methoxy groups -OCH3 is 1. The van der Waals surface area contributed by atoms with Crippen LogP contribution in [0.4, 0.5) is 0 Å². The van der Waals surface area contributed by atoms with Gasteiger partial charge in [-0.3, -0.25) is 4.79 Å². The number of hydrazone groups is 1. The highest BCUT2D eigenvalue weighted by atomic mass is 35.5. The van der Waals surface area contributed by atoms with E-state index in [9.17, 15) is 4.79 Å². The van der Waals surface area contributed by atoms with Crippen LogP contribution in [0.2, 0.25) is 10.0 Å². The summed E-state index contributed by atoms with van der Waals surface area (Å²) in [6, 6.07) is 18.3. The molecule has 0 bridgehead atoms. The van der Waals surface area contributed by atoms with Crippen LogP contribution in [0.25, 0.3) is 11.0 Å². The van der Waals surface area contributed by atoms with Crippen molar-refractivity contribution in [2.75, 3.05) is 12.9 Å². The van der Waals surface area contributed by atoms with Crippen molar-refractivity contribution in [1.82, 2.24) is 15.4 Å². The number of rotatable bonds is 9. The van der Waals surface area contributed by atoms with E-state index >= 15 is 0 Å². The molecule has 10 heteroatoms. The first kappa shape index (κ1) is 23.9. The van der Waals surface area contributed by atoms with Crippen molar-refractivity contribution in [3.05, 3.63) is 81.8 Å². The molecule has 0 spiro atoms. The molecule has 0 saturated carbocycles. The predicted octanol–water partition coefficient (Wildman–Crippen LogP) is 5.70. The average Bonchev–Trinajstić information content (AvgIpc) is 3.26. The van der Waals surface area contributed by atoms with Gasteiger partial charge in [0.15, 0.2) is 16.7 Å². The van der Waals surface area contributed by atoms with Crippen molar-refractivity contribution in [3.63, 3.8) is 0 Å². The molecule has 0 aliphatic carbocycles. The summed E-state index contributed by atoms with van der Waals surface area (Å²) in [5, 5.41) is 5.80. The van der Waals surface area contributed by atoms with E-state index in [1.54, 1.807) is 37.4 Å². The molecule has 1 heterocycles. The van der Waals surface area contributed by atoms with Crippen molar-refractivity contribution in [3.8, 4) is 11.5 Å². The van der Waals surface area contributed by atoms with E-state index in [-0.39, 0.29) is 18.3 Å². The minimum atomic E-state index is -0.264. The third-order valence-electron chi connectivity index (χ3n) is 4.72. The predicted molar refractivity (Wildman–Crippen MR) is 136 cm³/mol. The number of hydrogen-bond donors (Lipinski definition) is 2. The average molecular weight is 515 g/mol. The molecule has 0 fully saturated rings. The maximum Gasteiger partial charge on any atom is 0.250 e. The molecule has 3 aromatic carbocycles. The number of carbonyl (C=O) groups excluding carboxylic acids is 1. The van der Waals surface area contributed by atoms with Crippen LogP contribution in [0.3, 0.4) is 0 Å². The molecule has 4 rings (SSSR count). The highest BCUT2D eigenvalue weighted by molar-refractivity contribution is 7.99. The van der Waals surface area contributed by atoms with E-state index in [1.165, 1.54) is 18.0 Å². The SMILES string of the molecule is COc1cccc(/C=N/NC(=O)CSc2nc3ccccc3[nH]2)c1OCc1ccc(Cl)cc1Cl. The smallest absolute Gasteiger partial charge is 0.250 e. The van der Waals surface area contributed by atoms with Gasteiger partial charge in [0.1, 0.15) is 6.61 Å². The second-order valence-corrected chi connectivity index (χ2v) is 8.85. The Morgan fingerprint density at radius 3 is 2.82 bits per heavy atom. The number of thioether (sulfide) groups is 1. The summed E-state index contributed by atoms with van der Waals surface area (Å²) in [5.74, 6) is 0.903. The Hall–Kier alpha value is -3.20. The normalized spacial score (nSPS) is 11.1. The lowest BCUT2D eigenvalue weighted by atomic mass is 10.2. The topological polar surface area (TPSA) is 88.6 Å². The zero-order valence-electron chi connectivity index (χ0n) is 18.0. The Kier molecular flexibility index (Phi) is 7.95. The van der Waals surface area contributed by atoms with Crippen molar-refractivity contribution < 1.29 is 14.3 Å². The molecule has 0 aliphatic heterocycles. The van der Waals surface area contributed by atoms with E-state index < -0.39 is 0 Å². The van der Waals surface area contributed by atoms with Crippen LogP contribution in [-0.4, -0.2) is 35.0 Å². The molecular weight excluding hydrogens is 495 g/mol. The van der Waals surface area contributed by atoms with Crippen LogP contribution in [0.5, 0.6) is 11.5 Å². The Balaban J connectivity index is 1.38. The zero-order chi connectivity index (χ0) is 23.9. The van der Waals surface area contributed by atoms with E-state index in [1.807, 2.05) is 30.3 Å². The lowest BCUT2D eigenvalue weighted by molar-refractivity contribution is -0.118. The first-order valence-electron chi connectivity index (χ1n) is 10.2. The first-order valence-corrected chi connectivity index (χ1v) is 11.9. The Morgan fingerprint density at radius 1 is 1.18 bits per heavy atom. The van der Waals surface area contributed by atoms with Gasteiger partial charge < -0.3 is 14.5 Å². The molecule has 174 valence electrons. The summed E-state index contributed by atoms with van der Waals surface area (Å²) in [6.45, 7) is 0.206. The standard InChI is InChI=1S/C24H20Cl2N4O3S/c1-32-21-8-4-5-15(23(21)33-13-16-9-10-17(25)11-18(16)26)12-27-30-22(31)14-34-24-28-19-6-2-3-7-20(19)29-24/h2-12H,13-14H2,1H3,(H,28,29)(H,30,31)/b27-12+. The minimum Gasteiger partial charge on any atom is -0.493 e. The maximum absolute atomic E-state index is 12.2. The van der Waals surface area contributed by atoms with Gasteiger partial charge in [-0.1, -0.05) is 59.2 Å². The number of carbonyl (C=O) groups is 1. The minimum absolute atomic E-state index is 0.160. The van der Waals surface area contributed by atoms with Gasteiger partial charge in [-0.25, -0.2) is 10.4 Å².